The van der Waals surface area contributed by atoms with Gasteiger partial charge in [-0.25, -0.2) is 0 Å². The first kappa shape index (κ1) is 30.6. The second-order valence-corrected chi connectivity index (χ2v) is 14.2. The highest BCUT2D eigenvalue weighted by molar-refractivity contribution is 6.48. The first-order chi connectivity index (χ1) is 17.8. The second kappa shape index (κ2) is 12.5. The number of carbonyl (C=O) groups is 1. The lowest BCUT2D eigenvalue weighted by Crippen LogP contribution is -2.48. The molecule has 3 rings (SSSR count). The summed E-state index contributed by atoms with van der Waals surface area (Å²) in [5, 5.41) is 0.990. The van der Waals surface area contributed by atoms with Crippen molar-refractivity contribution in [1.82, 2.24) is 4.90 Å². The van der Waals surface area contributed by atoms with Crippen LogP contribution in [-0.2, 0) is 22.2 Å². The van der Waals surface area contributed by atoms with Crippen molar-refractivity contribution < 1.29 is 23.4 Å². The van der Waals surface area contributed by atoms with Gasteiger partial charge in [-0.1, -0.05) is 50.0 Å². The van der Waals surface area contributed by atoms with Gasteiger partial charge in [0, 0.05) is 13.1 Å². The summed E-state index contributed by atoms with van der Waals surface area (Å²) < 4.78 is 23.2. The lowest BCUT2D eigenvalue weighted by atomic mass is 9.70. The second-order valence-electron chi connectivity index (χ2n) is 11.4. The zero-order valence-electron chi connectivity index (χ0n) is 23.7. The first-order valence-electron chi connectivity index (χ1n) is 12.8. The molecule has 2 unspecified atom stereocenters. The number of hydrogen-bond donors (Lipinski definition) is 0. The average molecular weight is 582 g/mol. The molecule has 0 bridgehead atoms. The molecule has 2 aromatic carbocycles. The van der Waals surface area contributed by atoms with Crippen LogP contribution in [0, 0.1) is 10.8 Å². The van der Waals surface area contributed by atoms with Crippen LogP contribution in [0.4, 0.5) is 0 Å². The number of likely N-dealkylation sites (tertiary alicyclic amines) is 1. The first-order valence-corrected chi connectivity index (χ1v) is 16.0. The molecule has 0 N–H and O–H groups in total. The van der Waals surface area contributed by atoms with Gasteiger partial charge in [-0.05, 0) is 73.2 Å². The van der Waals surface area contributed by atoms with Gasteiger partial charge in [-0.15, -0.1) is 0 Å². The van der Waals surface area contributed by atoms with E-state index in [9.17, 15) is 4.79 Å². The summed E-state index contributed by atoms with van der Waals surface area (Å²) in [5.74, 6) is 1.75. The van der Waals surface area contributed by atoms with Crippen LogP contribution < -0.4 is 14.2 Å². The number of hydrogen-bond acceptors (Lipinski definition) is 5. The van der Waals surface area contributed by atoms with E-state index in [0.717, 1.165) is 17.5 Å². The fourth-order valence-corrected chi connectivity index (χ4v) is 6.44. The molecule has 2 aromatic rings. The molecular weight excluding hydrogens is 541 g/mol. The van der Waals surface area contributed by atoms with Crippen LogP contribution in [0.15, 0.2) is 30.3 Å². The van der Waals surface area contributed by atoms with Crippen molar-refractivity contribution in [2.75, 3.05) is 27.9 Å². The number of carbonyl (C=O) groups excluding carboxylic acids is 1. The molecule has 0 saturated carbocycles. The van der Waals surface area contributed by atoms with Crippen LogP contribution >= 0.6 is 23.2 Å². The fourth-order valence-electron chi connectivity index (χ4n) is 5.24. The zero-order valence-corrected chi connectivity index (χ0v) is 26.3. The molecule has 1 aliphatic heterocycles. The molecule has 1 saturated heterocycles. The van der Waals surface area contributed by atoms with Crippen LogP contribution in [-0.4, -0.2) is 53.8 Å². The van der Waals surface area contributed by atoms with Gasteiger partial charge in [0.1, 0.15) is 0 Å². The summed E-state index contributed by atoms with van der Waals surface area (Å²) in [6.45, 7) is 11.9. The maximum atomic E-state index is 14.4. The Morgan fingerprint density at radius 3 is 2.11 bits per heavy atom. The average Bonchev–Trinajstić information content (AvgIpc) is 3.15. The molecule has 209 valence electrons. The minimum Gasteiger partial charge on any atom is -0.493 e. The van der Waals surface area contributed by atoms with Gasteiger partial charge in [0.25, 0.3) is 0 Å². The molecule has 9 heteroatoms. The molecule has 0 spiro atoms. The van der Waals surface area contributed by atoms with E-state index in [4.69, 9.17) is 41.8 Å². The van der Waals surface area contributed by atoms with Crippen molar-refractivity contribution in [3.63, 3.8) is 0 Å². The van der Waals surface area contributed by atoms with E-state index in [-0.39, 0.29) is 17.4 Å². The monoisotopic (exact) mass is 580 g/mol. The number of methoxy groups -OCH3 is 3. The number of rotatable bonds is 11. The van der Waals surface area contributed by atoms with Crippen molar-refractivity contribution in [1.29, 1.82) is 0 Å². The minimum absolute atomic E-state index is 0.0168. The SMILES string of the molecule is COc1cc(CN2CCC(Cc3ccc(Cl)c(Cl)c3)(C(CC(C)(C)C)O[Si](C)C)C2=O)cc(OC)c1OC. The maximum Gasteiger partial charge on any atom is 0.232 e. The summed E-state index contributed by atoms with van der Waals surface area (Å²) in [7, 11) is 3.68. The van der Waals surface area contributed by atoms with Gasteiger partial charge >= 0.3 is 0 Å². The Bertz CT molecular complexity index is 1110. The lowest BCUT2D eigenvalue weighted by Gasteiger charge is -2.40. The van der Waals surface area contributed by atoms with Gasteiger partial charge in [0.05, 0.1) is 42.9 Å². The van der Waals surface area contributed by atoms with E-state index in [0.29, 0.717) is 53.2 Å². The highest BCUT2D eigenvalue weighted by atomic mass is 35.5. The summed E-state index contributed by atoms with van der Waals surface area (Å²) >= 11 is 12.6. The molecule has 6 nitrogen and oxygen atoms in total. The third-order valence-electron chi connectivity index (χ3n) is 6.93. The van der Waals surface area contributed by atoms with Crippen molar-refractivity contribution in [3.8, 4) is 17.2 Å². The Labute approximate surface area is 239 Å². The Hall–Kier alpha value is -1.93. The van der Waals surface area contributed by atoms with E-state index in [1.165, 1.54) is 0 Å². The third-order valence-corrected chi connectivity index (χ3v) is 8.43. The summed E-state index contributed by atoms with van der Waals surface area (Å²) in [6, 6.07) is 9.43. The largest absolute Gasteiger partial charge is 0.493 e. The third kappa shape index (κ3) is 6.98. The predicted octanol–water partition coefficient (Wildman–Crippen LogP) is 7.05. The van der Waals surface area contributed by atoms with Gasteiger partial charge in [-0.2, -0.15) is 0 Å². The van der Waals surface area contributed by atoms with Gasteiger partial charge in [-0.3, -0.25) is 4.79 Å². The summed E-state index contributed by atoms with van der Waals surface area (Å²) in [5.41, 5.74) is 1.15. The van der Waals surface area contributed by atoms with Crippen molar-refractivity contribution in [2.24, 2.45) is 10.8 Å². The van der Waals surface area contributed by atoms with E-state index < -0.39 is 14.5 Å². The van der Waals surface area contributed by atoms with E-state index in [1.807, 2.05) is 29.2 Å². The topological polar surface area (TPSA) is 57.2 Å². The standard InChI is InChI=1S/C29H40Cl2NO5Si/c1-28(2,3)17-25(37-38(7)8)29(16-19-9-10-21(30)22(31)13-19)11-12-32(27(29)33)18-20-14-23(34-4)26(36-6)24(15-20)35-5/h9-10,13-15,25H,11-12,16-18H2,1-8H3. The molecule has 0 aromatic heterocycles. The van der Waals surface area contributed by atoms with Crippen molar-refractivity contribution in [2.45, 2.75) is 65.8 Å². The highest BCUT2D eigenvalue weighted by Crippen LogP contribution is 2.46. The smallest absolute Gasteiger partial charge is 0.232 e. The van der Waals surface area contributed by atoms with E-state index in [2.05, 4.69) is 33.9 Å². The molecule has 1 amide bonds. The molecular formula is C29H40Cl2NO5Si. The van der Waals surface area contributed by atoms with Crippen molar-refractivity contribution >= 4 is 38.1 Å². The normalized spacial score (nSPS) is 18.7. The Balaban J connectivity index is 2.03. The fraction of sp³-hybridized carbons (Fsp3) is 0.552. The van der Waals surface area contributed by atoms with E-state index in [1.54, 1.807) is 27.4 Å². The maximum absolute atomic E-state index is 14.4. The van der Waals surface area contributed by atoms with Crippen LogP contribution in [0.1, 0.15) is 44.7 Å². The molecule has 38 heavy (non-hydrogen) atoms. The molecule has 1 heterocycles. The minimum atomic E-state index is -1.07. The molecule has 1 aliphatic rings. The van der Waals surface area contributed by atoms with E-state index >= 15 is 0 Å². The summed E-state index contributed by atoms with van der Waals surface area (Å²) in [4.78, 5) is 16.4. The van der Waals surface area contributed by atoms with Crippen LogP contribution in [0.3, 0.4) is 0 Å². The summed E-state index contributed by atoms with van der Waals surface area (Å²) in [6.07, 6.45) is 1.77. The Morgan fingerprint density at radius 2 is 1.61 bits per heavy atom. The number of nitrogens with zero attached hydrogens (tertiary/aromatic N) is 1. The van der Waals surface area contributed by atoms with Gasteiger partial charge in [0.15, 0.2) is 11.5 Å². The van der Waals surface area contributed by atoms with Crippen molar-refractivity contribution in [3.05, 3.63) is 51.5 Å². The van der Waals surface area contributed by atoms with Gasteiger partial charge in [0.2, 0.25) is 20.7 Å². The number of ether oxygens (including phenoxy) is 3. The quantitative estimate of drug-likeness (QED) is 0.266. The van der Waals surface area contributed by atoms with Crippen LogP contribution in [0.2, 0.25) is 23.1 Å². The molecule has 1 radical (unpaired) electrons. The van der Waals surface area contributed by atoms with Crippen LogP contribution in [0.5, 0.6) is 17.2 Å². The lowest BCUT2D eigenvalue weighted by molar-refractivity contribution is -0.142. The van der Waals surface area contributed by atoms with Crippen LogP contribution in [0.25, 0.3) is 0 Å². The predicted molar refractivity (Wildman–Crippen MR) is 155 cm³/mol. The molecule has 0 aliphatic carbocycles. The highest BCUT2D eigenvalue weighted by Gasteiger charge is 2.53. The Kier molecular flexibility index (Phi) is 10.1. The van der Waals surface area contributed by atoms with Gasteiger partial charge < -0.3 is 23.5 Å². The molecule has 2 atom stereocenters. The number of benzene rings is 2. The number of amides is 1. The molecule has 1 fully saturated rings. The zero-order chi connectivity index (χ0) is 28.3. The number of halogens is 2. The Morgan fingerprint density at radius 1 is 0.974 bits per heavy atom.